The minimum absolute atomic E-state index is 0.0476. The Morgan fingerprint density at radius 1 is 1.06 bits per heavy atom. The fourth-order valence-electron chi connectivity index (χ4n) is 3.65. The molecule has 0 unspecified atom stereocenters. The van der Waals surface area contributed by atoms with Crippen LogP contribution in [0.25, 0.3) is 6.08 Å². The molecule has 0 atom stereocenters. The van der Waals surface area contributed by atoms with Gasteiger partial charge in [-0.2, -0.15) is 4.31 Å². The van der Waals surface area contributed by atoms with Gasteiger partial charge in [-0.1, -0.05) is 18.2 Å². The van der Waals surface area contributed by atoms with Gasteiger partial charge >= 0.3 is 0 Å². The zero-order valence-corrected chi connectivity index (χ0v) is 18.1. The van der Waals surface area contributed by atoms with E-state index in [0.717, 1.165) is 5.56 Å². The van der Waals surface area contributed by atoms with Crippen LogP contribution >= 0.6 is 0 Å². The van der Waals surface area contributed by atoms with Crippen LogP contribution in [-0.4, -0.2) is 68.5 Å². The number of piperazine rings is 1. The molecule has 0 saturated carbocycles. The van der Waals surface area contributed by atoms with Crippen molar-refractivity contribution in [2.24, 2.45) is 0 Å². The fraction of sp³-hybridized carbons (Fsp3) is 0.227. The van der Waals surface area contributed by atoms with Crippen molar-refractivity contribution in [1.82, 2.24) is 9.21 Å². The number of fused-ring (bicyclic) bond motifs is 1. The van der Waals surface area contributed by atoms with Crippen LogP contribution in [0.15, 0.2) is 53.4 Å². The Morgan fingerprint density at radius 3 is 2.50 bits per heavy atom. The number of Topliss-reactive ketones (excluding diaryl/α,β-unsaturated/α-hetero) is 1. The van der Waals surface area contributed by atoms with Crippen LogP contribution in [0.4, 0.5) is 5.69 Å². The molecule has 2 aliphatic heterocycles. The third-order valence-electron chi connectivity index (χ3n) is 5.42. The summed E-state index contributed by atoms with van der Waals surface area (Å²) in [4.78, 5) is 37.5. The van der Waals surface area contributed by atoms with Gasteiger partial charge < -0.3 is 15.0 Å². The predicted octanol–water partition coefficient (Wildman–Crippen LogP) is 1.38. The number of benzene rings is 2. The number of nitrogens with zero attached hydrogens (tertiary/aromatic N) is 2. The summed E-state index contributed by atoms with van der Waals surface area (Å²) in [7, 11) is -2.31. The maximum absolute atomic E-state index is 13.0. The molecule has 0 radical (unpaired) electrons. The van der Waals surface area contributed by atoms with Gasteiger partial charge in [0.05, 0.1) is 23.3 Å². The Balaban J connectivity index is 1.42. The van der Waals surface area contributed by atoms with Crippen molar-refractivity contribution in [3.8, 4) is 5.75 Å². The summed E-state index contributed by atoms with van der Waals surface area (Å²) in [5.74, 6) is -1.10. The van der Waals surface area contributed by atoms with Crippen LogP contribution in [-0.2, 0) is 19.6 Å². The molecule has 2 heterocycles. The van der Waals surface area contributed by atoms with Crippen LogP contribution in [0.2, 0.25) is 0 Å². The molecule has 0 bridgehead atoms. The number of rotatable bonds is 5. The van der Waals surface area contributed by atoms with Crippen LogP contribution in [0, 0.1) is 0 Å². The molecule has 2 aromatic rings. The molecule has 10 heteroatoms. The number of para-hydroxylation sites is 1. The van der Waals surface area contributed by atoms with Gasteiger partial charge in [0, 0.05) is 37.8 Å². The Morgan fingerprint density at radius 2 is 1.78 bits per heavy atom. The van der Waals surface area contributed by atoms with Gasteiger partial charge in [0.15, 0.2) is 0 Å². The lowest BCUT2D eigenvalue weighted by molar-refractivity contribution is -0.127. The minimum atomic E-state index is -3.87. The van der Waals surface area contributed by atoms with Gasteiger partial charge in [-0.3, -0.25) is 14.4 Å². The highest BCUT2D eigenvalue weighted by Crippen LogP contribution is 2.28. The second-order valence-corrected chi connectivity index (χ2v) is 9.23. The van der Waals surface area contributed by atoms with Crippen molar-refractivity contribution in [2.45, 2.75) is 4.90 Å². The number of nitrogens with one attached hydrogen (secondary N) is 1. The summed E-state index contributed by atoms with van der Waals surface area (Å²) in [6, 6.07) is 11.3. The molecule has 2 aromatic carbocycles. The zero-order chi connectivity index (χ0) is 22.9. The van der Waals surface area contributed by atoms with Crippen LogP contribution in [0.5, 0.6) is 5.75 Å². The number of hydrogen-bond acceptors (Lipinski definition) is 6. The van der Waals surface area contributed by atoms with Crippen molar-refractivity contribution in [3.05, 3.63) is 59.7 Å². The molecule has 0 aromatic heterocycles. The maximum atomic E-state index is 13.0. The van der Waals surface area contributed by atoms with E-state index in [-0.39, 0.29) is 42.5 Å². The molecule has 4 rings (SSSR count). The van der Waals surface area contributed by atoms with Gasteiger partial charge in [-0.25, -0.2) is 8.42 Å². The van der Waals surface area contributed by atoms with E-state index >= 15 is 0 Å². The second-order valence-electron chi connectivity index (χ2n) is 7.30. The number of ether oxygens (including phenoxy) is 1. The number of amides is 2. The third-order valence-corrected chi connectivity index (χ3v) is 7.32. The normalized spacial score (nSPS) is 16.8. The number of hydrogen-bond donors (Lipinski definition) is 1. The third kappa shape index (κ3) is 4.02. The van der Waals surface area contributed by atoms with E-state index in [4.69, 9.17) is 4.74 Å². The highest BCUT2D eigenvalue weighted by molar-refractivity contribution is 7.89. The quantitative estimate of drug-likeness (QED) is 0.538. The summed E-state index contributed by atoms with van der Waals surface area (Å²) < 4.78 is 32.6. The molecular formula is C22H21N3O6S. The molecule has 2 amide bonds. The Labute approximate surface area is 185 Å². The highest BCUT2D eigenvalue weighted by Gasteiger charge is 2.33. The molecule has 166 valence electrons. The maximum Gasteiger partial charge on any atom is 0.296 e. The molecule has 2 aliphatic rings. The Hall–Kier alpha value is -3.50. The smallest absolute Gasteiger partial charge is 0.296 e. The highest BCUT2D eigenvalue weighted by atomic mass is 32.2. The van der Waals surface area contributed by atoms with Crippen molar-refractivity contribution < 1.29 is 27.5 Å². The number of anilines is 1. The summed E-state index contributed by atoms with van der Waals surface area (Å²) in [6.45, 7) is 0.716. The average molecular weight is 455 g/mol. The Kier molecular flexibility index (Phi) is 5.81. The van der Waals surface area contributed by atoms with Crippen molar-refractivity contribution in [3.63, 3.8) is 0 Å². The number of methoxy groups -OCH3 is 1. The van der Waals surface area contributed by atoms with Gasteiger partial charge in [0.2, 0.25) is 15.9 Å². The lowest BCUT2D eigenvalue weighted by Crippen LogP contribution is -2.50. The molecule has 1 fully saturated rings. The zero-order valence-electron chi connectivity index (χ0n) is 17.3. The van der Waals surface area contributed by atoms with Crippen LogP contribution in [0.3, 0.4) is 0 Å². The molecule has 9 nitrogen and oxygen atoms in total. The molecular weight excluding hydrogens is 434 g/mol. The largest absolute Gasteiger partial charge is 0.496 e. The predicted molar refractivity (Wildman–Crippen MR) is 117 cm³/mol. The lowest BCUT2D eigenvalue weighted by atomic mass is 10.1. The average Bonchev–Trinajstić information content (AvgIpc) is 3.10. The topological polar surface area (TPSA) is 113 Å². The number of carbonyl (C=O) groups is 3. The first-order chi connectivity index (χ1) is 15.3. The molecule has 32 heavy (non-hydrogen) atoms. The van der Waals surface area contributed by atoms with E-state index in [1.165, 1.54) is 28.6 Å². The van der Waals surface area contributed by atoms with E-state index in [0.29, 0.717) is 11.4 Å². The van der Waals surface area contributed by atoms with E-state index in [9.17, 15) is 22.8 Å². The molecule has 0 spiro atoms. The van der Waals surface area contributed by atoms with E-state index in [1.54, 1.807) is 24.2 Å². The van der Waals surface area contributed by atoms with Gasteiger partial charge in [-0.15, -0.1) is 0 Å². The van der Waals surface area contributed by atoms with Gasteiger partial charge in [0.25, 0.3) is 11.7 Å². The second kappa shape index (κ2) is 8.56. The molecule has 1 saturated heterocycles. The van der Waals surface area contributed by atoms with Crippen molar-refractivity contribution in [1.29, 1.82) is 0 Å². The first-order valence-corrected chi connectivity index (χ1v) is 11.3. The van der Waals surface area contributed by atoms with Gasteiger partial charge in [0.1, 0.15) is 5.75 Å². The van der Waals surface area contributed by atoms with E-state index < -0.39 is 21.7 Å². The summed E-state index contributed by atoms with van der Waals surface area (Å²) >= 11 is 0. The first kappa shape index (κ1) is 21.7. The lowest BCUT2D eigenvalue weighted by Gasteiger charge is -2.33. The summed E-state index contributed by atoms with van der Waals surface area (Å²) in [5, 5.41) is 2.40. The monoisotopic (exact) mass is 455 g/mol. The SMILES string of the molecule is COc1ccccc1/C=C/C(=O)N1CCN(S(=O)(=O)c2ccc3c(c2)C(=O)C(=O)N3)CC1. The number of carbonyl (C=O) groups excluding carboxylic acids is 3. The van der Waals surface area contributed by atoms with Crippen molar-refractivity contribution in [2.75, 3.05) is 38.6 Å². The number of ketones is 1. The number of sulfonamides is 1. The van der Waals surface area contributed by atoms with E-state index in [1.807, 2.05) is 18.2 Å². The fourth-order valence-corrected chi connectivity index (χ4v) is 5.10. The van der Waals surface area contributed by atoms with Gasteiger partial charge in [-0.05, 0) is 30.3 Å². The van der Waals surface area contributed by atoms with Crippen molar-refractivity contribution >= 4 is 39.4 Å². The molecule has 0 aliphatic carbocycles. The Bertz CT molecular complexity index is 1230. The summed E-state index contributed by atoms with van der Waals surface area (Å²) in [5.41, 5.74) is 1.12. The molecule has 1 N–H and O–H groups in total. The van der Waals surface area contributed by atoms with E-state index in [2.05, 4.69) is 5.32 Å². The first-order valence-electron chi connectivity index (χ1n) is 9.91. The minimum Gasteiger partial charge on any atom is -0.496 e. The van der Waals surface area contributed by atoms with Crippen LogP contribution in [0.1, 0.15) is 15.9 Å². The standard InChI is InChI=1S/C22H21N3O6S/c1-31-19-5-3-2-4-15(19)6-9-20(26)24-10-12-25(13-11-24)32(29,30)16-7-8-18-17(14-16)21(27)22(28)23-18/h2-9,14H,10-13H2,1H3,(H,23,27,28)/b9-6+. The summed E-state index contributed by atoms with van der Waals surface area (Å²) in [6.07, 6.45) is 3.11. The van der Waals surface area contributed by atoms with Crippen LogP contribution < -0.4 is 10.1 Å².